The van der Waals surface area contributed by atoms with E-state index in [1.54, 1.807) is 13.2 Å². The Morgan fingerprint density at radius 1 is 1.33 bits per heavy atom. The molecule has 3 heteroatoms. The van der Waals surface area contributed by atoms with E-state index in [1.165, 1.54) is 0 Å². The lowest BCUT2D eigenvalue weighted by atomic mass is 10.1. The van der Waals surface area contributed by atoms with Crippen molar-refractivity contribution in [2.24, 2.45) is 0 Å². The third kappa shape index (κ3) is 2.12. The molecule has 2 nitrogen and oxygen atoms in total. The molecule has 1 aromatic carbocycles. The maximum atomic E-state index is 11.1. The number of allylic oxidation sites excluding steroid dienone is 2. The Kier molecular flexibility index (Phi) is 2.91. The molecule has 0 spiro atoms. The first kappa shape index (κ1) is 10.4. The summed E-state index contributed by atoms with van der Waals surface area (Å²) < 4.78 is 6.09. The fourth-order valence-corrected chi connectivity index (χ4v) is 2.30. The zero-order chi connectivity index (χ0) is 10.8. The SMILES string of the molecule is COc1ccc(C2=CC(=O)CC2)c(Br)c1. The topological polar surface area (TPSA) is 26.3 Å². The van der Waals surface area contributed by atoms with Crippen LogP contribution in [0, 0.1) is 0 Å². The van der Waals surface area contributed by atoms with Crippen LogP contribution >= 0.6 is 15.9 Å². The smallest absolute Gasteiger partial charge is 0.156 e. The Labute approximate surface area is 97.1 Å². The molecule has 0 fully saturated rings. The minimum atomic E-state index is 0.215. The fraction of sp³-hybridized carbons (Fsp3) is 0.250. The molecule has 0 atom stereocenters. The number of carbonyl (C=O) groups excluding carboxylic acids is 1. The molecular weight excluding hydrogens is 256 g/mol. The minimum absolute atomic E-state index is 0.215. The Balaban J connectivity index is 2.37. The number of hydrogen-bond acceptors (Lipinski definition) is 2. The average molecular weight is 267 g/mol. The van der Waals surface area contributed by atoms with Crippen molar-refractivity contribution < 1.29 is 9.53 Å². The Morgan fingerprint density at radius 2 is 2.13 bits per heavy atom. The van der Waals surface area contributed by atoms with Crippen LogP contribution in [0.1, 0.15) is 18.4 Å². The first-order chi connectivity index (χ1) is 7.20. The van der Waals surface area contributed by atoms with Gasteiger partial charge in [-0.25, -0.2) is 0 Å². The number of halogens is 1. The van der Waals surface area contributed by atoms with Crippen molar-refractivity contribution in [2.75, 3.05) is 7.11 Å². The number of carbonyl (C=O) groups is 1. The van der Waals surface area contributed by atoms with Crippen molar-refractivity contribution in [1.29, 1.82) is 0 Å². The molecule has 0 amide bonds. The molecule has 0 unspecified atom stereocenters. The quantitative estimate of drug-likeness (QED) is 0.822. The predicted octanol–water partition coefficient (Wildman–Crippen LogP) is 3.20. The van der Waals surface area contributed by atoms with Gasteiger partial charge in [-0.05, 0) is 41.8 Å². The maximum Gasteiger partial charge on any atom is 0.156 e. The highest BCUT2D eigenvalue weighted by atomic mass is 79.9. The molecule has 2 rings (SSSR count). The number of ether oxygens (including phenoxy) is 1. The van der Waals surface area contributed by atoms with Crippen molar-refractivity contribution in [3.63, 3.8) is 0 Å². The lowest BCUT2D eigenvalue weighted by Gasteiger charge is -2.07. The van der Waals surface area contributed by atoms with Gasteiger partial charge in [0.15, 0.2) is 5.78 Å². The zero-order valence-electron chi connectivity index (χ0n) is 8.42. The van der Waals surface area contributed by atoms with E-state index in [2.05, 4.69) is 15.9 Å². The molecule has 0 radical (unpaired) electrons. The lowest BCUT2D eigenvalue weighted by Crippen LogP contribution is -1.86. The number of methoxy groups -OCH3 is 1. The monoisotopic (exact) mass is 266 g/mol. The predicted molar refractivity (Wildman–Crippen MR) is 62.9 cm³/mol. The number of ketones is 1. The standard InChI is InChI=1S/C12H11BrO2/c1-15-10-4-5-11(12(13)7-10)8-2-3-9(14)6-8/h4-7H,2-3H2,1H3. The maximum absolute atomic E-state index is 11.1. The van der Waals surface area contributed by atoms with Crippen LogP contribution in [0.5, 0.6) is 5.75 Å². The molecular formula is C12H11BrO2. The van der Waals surface area contributed by atoms with Crippen LogP contribution in [0.2, 0.25) is 0 Å². The van der Waals surface area contributed by atoms with Crippen LogP contribution in [-0.4, -0.2) is 12.9 Å². The van der Waals surface area contributed by atoms with Crippen LogP contribution in [0.15, 0.2) is 28.7 Å². The number of hydrogen-bond donors (Lipinski definition) is 0. The van der Waals surface area contributed by atoms with Gasteiger partial charge >= 0.3 is 0 Å². The molecule has 1 aliphatic carbocycles. The normalized spacial score (nSPS) is 15.3. The second kappa shape index (κ2) is 4.19. The lowest BCUT2D eigenvalue weighted by molar-refractivity contribution is -0.114. The molecule has 15 heavy (non-hydrogen) atoms. The van der Waals surface area contributed by atoms with Crippen molar-refractivity contribution in [3.05, 3.63) is 34.3 Å². The van der Waals surface area contributed by atoms with Gasteiger partial charge < -0.3 is 4.74 Å². The molecule has 0 aliphatic heterocycles. The number of rotatable bonds is 2. The van der Waals surface area contributed by atoms with Gasteiger partial charge in [-0.2, -0.15) is 0 Å². The Morgan fingerprint density at radius 3 is 2.67 bits per heavy atom. The van der Waals surface area contributed by atoms with Crippen LogP contribution in [0.3, 0.4) is 0 Å². The first-order valence-electron chi connectivity index (χ1n) is 4.78. The third-order valence-electron chi connectivity index (χ3n) is 2.50. The van der Waals surface area contributed by atoms with Gasteiger partial charge in [0.25, 0.3) is 0 Å². The second-order valence-corrected chi connectivity index (χ2v) is 4.34. The summed E-state index contributed by atoms with van der Waals surface area (Å²) in [6.07, 6.45) is 3.20. The van der Waals surface area contributed by atoms with Gasteiger partial charge in [-0.3, -0.25) is 4.79 Å². The number of benzene rings is 1. The van der Waals surface area contributed by atoms with E-state index in [-0.39, 0.29) is 5.78 Å². The van der Waals surface area contributed by atoms with Crippen LogP contribution in [0.25, 0.3) is 5.57 Å². The summed E-state index contributed by atoms with van der Waals surface area (Å²) >= 11 is 3.49. The molecule has 1 aromatic rings. The van der Waals surface area contributed by atoms with Crippen molar-refractivity contribution >= 4 is 27.3 Å². The third-order valence-corrected chi connectivity index (χ3v) is 3.15. The van der Waals surface area contributed by atoms with E-state index in [4.69, 9.17) is 4.74 Å². The van der Waals surface area contributed by atoms with Crippen LogP contribution in [-0.2, 0) is 4.79 Å². The summed E-state index contributed by atoms with van der Waals surface area (Å²) in [4.78, 5) is 11.1. The molecule has 0 heterocycles. The average Bonchev–Trinajstić information content (AvgIpc) is 2.64. The van der Waals surface area contributed by atoms with Gasteiger partial charge in [0.1, 0.15) is 5.75 Å². The van der Waals surface area contributed by atoms with Crippen molar-refractivity contribution in [2.45, 2.75) is 12.8 Å². The highest BCUT2D eigenvalue weighted by Crippen LogP contribution is 2.33. The van der Waals surface area contributed by atoms with E-state index in [0.717, 1.165) is 27.8 Å². The molecule has 0 saturated carbocycles. The van der Waals surface area contributed by atoms with E-state index in [0.29, 0.717) is 6.42 Å². The van der Waals surface area contributed by atoms with Gasteiger partial charge in [0.2, 0.25) is 0 Å². The summed E-state index contributed by atoms with van der Waals surface area (Å²) in [6.45, 7) is 0. The van der Waals surface area contributed by atoms with Crippen LogP contribution in [0.4, 0.5) is 0 Å². The fourth-order valence-electron chi connectivity index (χ4n) is 1.69. The van der Waals surface area contributed by atoms with Gasteiger partial charge in [0, 0.05) is 10.9 Å². The molecule has 1 aliphatic rings. The molecule has 0 saturated heterocycles. The highest BCUT2D eigenvalue weighted by molar-refractivity contribution is 9.10. The largest absolute Gasteiger partial charge is 0.497 e. The molecule has 0 N–H and O–H groups in total. The van der Waals surface area contributed by atoms with Crippen molar-refractivity contribution in [1.82, 2.24) is 0 Å². The van der Waals surface area contributed by atoms with Gasteiger partial charge in [0.05, 0.1) is 7.11 Å². The van der Waals surface area contributed by atoms with E-state index in [9.17, 15) is 4.79 Å². The van der Waals surface area contributed by atoms with E-state index >= 15 is 0 Å². The Hall–Kier alpha value is -1.09. The van der Waals surface area contributed by atoms with E-state index in [1.807, 2.05) is 18.2 Å². The minimum Gasteiger partial charge on any atom is -0.497 e. The zero-order valence-corrected chi connectivity index (χ0v) is 10.0. The highest BCUT2D eigenvalue weighted by Gasteiger charge is 2.15. The van der Waals surface area contributed by atoms with Crippen LogP contribution < -0.4 is 4.74 Å². The molecule has 0 bridgehead atoms. The van der Waals surface area contributed by atoms with Gasteiger partial charge in [-0.15, -0.1) is 0 Å². The molecule has 78 valence electrons. The Bertz CT molecular complexity index is 435. The van der Waals surface area contributed by atoms with Gasteiger partial charge in [-0.1, -0.05) is 15.9 Å². The summed E-state index contributed by atoms with van der Waals surface area (Å²) in [6, 6.07) is 5.80. The molecule has 0 aromatic heterocycles. The van der Waals surface area contributed by atoms with E-state index < -0.39 is 0 Å². The summed E-state index contributed by atoms with van der Waals surface area (Å²) in [7, 11) is 1.64. The summed E-state index contributed by atoms with van der Waals surface area (Å²) in [5, 5.41) is 0. The van der Waals surface area contributed by atoms with Crippen molar-refractivity contribution in [3.8, 4) is 5.75 Å². The first-order valence-corrected chi connectivity index (χ1v) is 5.57. The second-order valence-electron chi connectivity index (χ2n) is 3.48. The summed E-state index contributed by atoms with van der Waals surface area (Å²) in [5.41, 5.74) is 2.19. The summed E-state index contributed by atoms with van der Waals surface area (Å²) in [5.74, 6) is 1.03.